The molecule has 0 aromatic heterocycles. The molecule has 3 aliphatic rings. The van der Waals surface area contributed by atoms with Gasteiger partial charge in [-0.15, -0.1) is 0 Å². The molecule has 2 fully saturated rings. The highest BCUT2D eigenvalue weighted by molar-refractivity contribution is 5.81. The van der Waals surface area contributed by atoms with Gasteiger partial charge in [-0.2, -0.15) is 0 Å². The number of hydrogen-bond donors (Lipinski definition) is 2. The summed E-state index contributed by atoms with van der Waals surface area (Å²) in [6.07, 6.45) is 14.2. The molecule has 1 saturated heterocycles. The average molecular weight is 347 g/mol. The second kappa shape index (κ2) is 9.25. The van der Waals surface area contributed by atoms with Crippen LogP contribution in [0.25, 0.3) is 0 Å². The minimum absolute atomic E-state index is 0.282. The normalized spacial score (nSPS) is 25.2. The third-order valence-electron chi connectivity index (χ3n) is 5.89. The molecule has 2 N–H and O–H groups in total. The van der Waals surface area contributed by atoms with Crippen LogP contribution < -0.4 is 10.6 Å². The first-order valence-electron chi connectivity index (χ1n) is 10.2. The maximum atomic E-state index is 12.7. The van der Waals surface area contributed by atoms with Gasteiger partial charge in [-0.05, 0) is 44.9 Å². The van der Waals surface area contributed by atoms with Gasteiger partial charge in [0.15, 0.2) is 5.96 Å². The molecular weight excluding hydrogens is 312 g/mol. The van der Waals surface area contributed by atoms with Gasteiger partial charge in [0.05, 0.1) is 0 Å². The Morgan fingerprint density at radius 1 is 1.24 bits per heavy atom. The summed E-state index contributed by atoms with van der Waals surface area (Å²) >= 11 is 0. The number of aliphatic imine (C=N–C) groups is 1. The molecule has 140 valence electrons. The number of guanidine groups is 1. The molecule has 5 heteroatoms. The zero-order valence-corrected chi connectivity index (χ0v) is 15.7. The number of hydrogen-bond acceptors (Lipinski definition) is 2. The SMILES string of the molecule is CN=C(NCCC1=CCCC1)NC1CCN(C(=O)C2CCCCC2)C1. The van der Waals surface area contributed by atoms with Crippen molar-refractivity contribution in [1.29, 1.82) is 0 Å². The number of amides is 1. The second-order valence-corrected chi connectivity index (χ2v) is 7.75. The fourth-order valence-corrected chi connectivity index (χ4v) is 4.38. The van der Waals surface area contributed by atoms with E-state index in [-0.39, 0.29) is 5.92 Å². The lowest BCUT2D eigenvalue weighted by atomic mass is 9.88. The number of likely N-dealkylation sites (tertiary alicyclic amines) is 1. The van der Waals surface area contributed by atoms with Crippen LogP contribution in [0.5, 0.6) is 0 Å². The van der Waals surface area contributed by atoms with Crippen LogP contribution in [0, 0.1) is 5.92 Å². The van der Waals surface area contributed by atoms with E-state index in [0.717, 1.165) is 51.3 Å². The van der Waals surface area contributed by atoms with Gasteiger partial charge < -0.3 is 15.5 Å². The molecule has 1 amide bonds. The molecule has 3 rings (SSSR count). The summed E-state index contributed by atoms with van der Waals surface area (Å²) in [5.41, 5.74) is 1.58. The van der Waals surface area contributed by atoms with Gasteiger partial charge in [-0.1, -0.05) is 30.9 Å². The van der Waals surface area contributed by atoms with Gasteiger partial charge in [0.2, 0.25) is 5.91 Å². The Morgan fingerprint density at radius 3 is 2.80 bits per heavy atom. The Hall–Kier alpha value is -1.52. The smallest absolute Gasteiger partial charge is 0.225 e. The number of carbonyl (C=O) groups is 1. The summed E-state index contributed by atoms with van der Waals surface area (Å²) < 4.78 is 0. The van der Waals surface area contributed by atoms with Gasteiger partial charge >= 0.3 is 0 Å². The number of nitrogens with one attached hydrogen (secondary N) is 2. The standard InChI is InChI=1S/C20H34N4O/c1-21-20(22-13-11-16-7-5-6-8-16)23-18-12-14-24(15-18)19(25)17-9-3-2-4-10-17/h7,17-18H,2-6,8-15H2,1H3,(H2,21,22,23). The minimum Gasteiger partial charge on any atom is -0.356 e. The predicted octanol–water partition coefficient (Wildman–Crippen LogP) is 2.83. The van der Waals surface area contributed by atoms with E-state index in [0.29, 0.717) is 11.9 Å². The summed E-state index contributed by atoms with van der Waals surface area (Å²) in [5.74, 6) is 1.54. The Morgan fingerprint density at radius 2 is 2.08 bits per heavy atom. The Bertz CT molecular complexity index is 508. The molecule has 1 unspecified atom stereocenters. The number of allylic oxidation sites excluding steroid dienone is 1. The lowest BCUT2D eigenvalue weighted by Crippen LogP contribution is -2.45. The van der Waals surface area contributed by atoms with Crippen molar-refractivity contribution >= 4 is 11.9 Å². The van der Waals surface area contributed by atoms with Crippen molar-refractivity contribution in [2.75, 3.05) is 26.7 Å². The van der Waals surface area contributed by atoms with E-state index in [1.54, 1.807) is 5.57 Å². The zero-order valence-electron chi connectivity index (χ0n) is 15.7. The van der Waals surface area contributed by atoms with Crippen molar-refractivity contribution in [3.05, 3.63) is 11.6 Å². The largest absolute Gasteiger partial charge is 0.356 e. The first-order chi connectivity index (χ1) is 12.3. The highest BCUT2D eigenvalue weighted by atomic mass is 16.2. The minimum atomic E-state index is 0.282. The summed E-state index contributed by atoms with van der Waals surface area (Å²) in [4.78, 5) is 19.1. The van der Waals surface area contributed by atoms with E-state index in [1.807, 2.05) is 7.05 Å². The molecule has 25 heavy (non-hydrogen) atoms. The quantitative estimate of drug-likeness (QED) is 0.457. The van der Waals surface area contributed by atoms with Crippen LogP contribution in [0.15, 0.2) is 16.6 Å². The van der Waals surface area contributed by atoms with Crippen LogP contribution in [-0.4, -0.2) is 49.5 Å². The monoisotopic (exact) mass is 346 g/mol. The van der Waals surface area contributed by atoms with Crippen molar-refractivity contribution in [1.82, 2.24) is 15.5 Å². The molecule has 0 aromatic rings. The third-order valence-corrected chi connectivity index (χ3v) is 5.89. The molecule has 1 heterocycles. The zero-order chi connectivity index (χ0) is 17.5. The average Bonchev–Trinajstić information content (AvgIpc) is 3.33. The maximum Gasteiger partial charge on any atom is 0.225 e. The van der Waals surface area contributed by atoms with E-state index in [1.165, 1.54) is 38.5 Å². The molecule has 2 aliphatic carbocycles. The summed E-state index contributed by atoms with van der Waals surface area (Å²) in [7, 11) is 1.82. The van der Waals surface area contributed by atoms with Crippen molar-refractivity contribution in [2.24, 2.45) is 10.9 Å². The van der Waals surface area contributed by atoms with Gasteiger partial charge in [0, 0.05) is 38.6 Å². The van der Waals surface area contributed by atoms with Crippen LogP contribution in [0.4, 0.5) is 0 Å². The lowest BCUT2D eigenvalue weighted by molar-refractivity contribution is -0.135. The van der Waals surface area contributed by atoms with Crippen molar-refractivity contribution < 1.29 is 4.79 Å². The second-order valence-electron chi connectivity index (χ2n) is 7.75. The van der Waals surface area contributed by atoms with E-state index < -0.39 is 0 Å². The molecule has 0 spiro atoms. The molecule has 0 radical (unpaired) electrons. The molecule has 1 aliphatic heterocycles. The first kappa shape index (κ1) is 18.3. The van der Waals surface area contributed by atoms with E-state index in [9.17, 15) is 4.79 Å². The van der Waals surface area contributed by atoms with Gasteiger partial charge in [0.25, 0.3) is 0 Å². The Balaban J connectivity index is 1.39. The lowest BCUT2D eigenvalue weighted by Gasteiger charge is -2.26. The highest BCUT2D eigenvalue weighted by Gasteiger charge is 2.31. The van der Waals surface area contributed by atoms with Gasteiger partial charge in [-0.25, -0.2) is 0 Å². The van der Waals surface area contributed by atoms with Crippen LogP contribution in [-0.2, 0) is 4.79 Å². The fourth-order valence-electron chi connectivity index (χ4n) is 4.38. The number of carbonyl (C=O) groups excluding carboxylic acids is 1. The van der Waals surface area contributed by atoms with Crippen LogP contribution in [0.1, 0.15) is 64.2 Å². The van der Waals surface area contributed by atoms with E-state index in [4.69, 9.17) is 0 Å². The number of nitrogens with zero attached hydrogens (tertiary/aromatic N) is 2. The fraction of sp³-hybridized carbons (Fsp3) is 0.800. The van der Waals surface area contributed by atoms with Crippen molar-refractivity contribution in [3.8, 4) is 0 Å². The Labute approximate surface area is 152 Å². The van der Waals surface area contributed by atoms with Crippen LogP contribution >= 0.6 is 0 Å². The molecule has 0 aromatic carbocycles. The third kappa shape index (κ3) is 5.23. The van der Waals surface area contributed by atoms with Crippen LogP contribution in [0.2, 0.25) is 0 Å². The maximum absolute atomic E-state index is 12.7. The van der Waals surface area contributed by atoms with Gasteiger partial charge in [0.1, 0.15) is 0 Å². The molecule has 1 saturated carbocycles. The topological polar surface area (TPSA) is 56.7 Å². The summed E-state index contributed by atoms with van der Waals surface area (Å²) in [5, 5.41) is 6.93. The number of rotatable bonds is 5. The molecule has 5 nitrogen and oxygen atoms in total. The Kier molecular flexibility index (Phi) is 6.76. The van der Waals surface area contributed by atoms with Gasteiger partial charge in [-0.3, -0.25) is 9.79 Å². The summed E-state index contributed by atoms with van der Waals surface area (Å²) in [6, 6.07) is 0.324. The highest BCUT2D eigenvalue weighted by Crippen LogP contribution is 2.26. The molecular formula is C20H34N4O. The van der Waals surface area contributed by atoms with Crippen molar-refractivity contribution in [3.63, 3.8) is 0 Å². The predicted molar refractivity (Wildman–Crippen MR) is 103 cm³/mol. The van der Waals surface area contributed by atoms with Crippen LogP contribution in [0.3, 0.4) is 0 Å². The first-order valence-corrected chi connectivity index (χ1v) is 10.2. The van der Waals surface area contributed by atoms with E-state index >= 15 is 0 Å². The molecule has 0 bridgehead atoms. The van der Waals surface area contributed by atoms with E-state index in [2.05, 4.69) is 26.6 Å². The van der Waals surface area contributed by atoms with Crippen molar-refractivity contribution in [2.45, 2.75) is 70.3 Å². The molecule has 1 atom stereocenters. The summed E-state index contributed by atoms with van der Waals surface area (Å²) in [6.45, 7) is 2.64.